The molecular weight excluding hydrogens is 327 g/mol. The van der Waals surface area contributed by atoms with E-state index in [1.807, 2.05) is 0 Å². The van der Waals surface area contributed by atoms with E-state index in [0.29, 0.717) is 27.8 Å². The molecule has 0 atom stereocenters. The maximum absolute atomic E-state index is 12.7. The highest BCUT2D eigenvalue weighted by atomic mass is 35.5. The minimum atomic E-state index is -0.315. The van der Waals surface area contributed by atoms with Gasteiger partial charge in [0.1, 0.15) is 5.75 Å². The van der Waals surface area contributed by atoms with Crippen molar-refractivity contribution in [1.29, 1.82) is 0 Å². The molecule has 0 aliphatic heterocycles. The number of hydrogen-bond donors (Lipinski definition) is 0. The molecule has 0 unspecified atom stereocenters. The van der Waals surface area contributed by atoms with Crippen LogP contribution >= 0.6 is 23.2 Å². The summed E-state index contributed by atoms with van der Waals surface area (Å²) in [7, 11) is 4.46. The topological polar surface area (TPSA) is 44.8 Å². The van der Waals surface area contributed by atoms with Crippen LogP contribution in [0.4, 0.5) is 0 Å². The molecule has 0 fully saturated rings. The van der Waals surface area contributed by atoms with Gasteiger partial charge in [0.2, 0.25) is 0 Å². The second-order valence-corrected chi connectivity index (χ2v) is 5.20. The first kappa shape index (κ1) is 16.5. The molecule has 0 bridgehead atoms. The molecule has 0 saturated heterocycles. The van der Waals surface area contributed by atoms with E-state index in [-0.39, 0.29) is 16.4 Å². The summed E-state index contributed by atoms with van der Waals surface area (Å²) in [5.74, 6) is 0.962. The van der Waals surface area contributed by atoms with E-state index in [9.17, 15) is 4.79 Å². The molecule has 4 nitrogen and oxygen atoms in total. The fourth-order valence-electron chi connectivity index (χ4n) is 2.03. The summed E-state index contributed by atoms with van der Waals surface area (Å²) in [5.41, 5.74) is 0.601. The van der Waals surface area contributed by atoms with Gasteiger partial charge in [0, 0.05) is 16.7 Å². The molecule has 0 spiro atoms. The summed E-state index contributed by atoms with van der Waals surface area (Å²) < 4.78 is 15.6. The maximum Gasteiger partial charge on any atom is 0.198 e. The van der Waals surface area contributed by atoms with Crippen LogP contribution in [0, 0.1) is 0 Å². The molecule has 116 valence electrons. The highest BCUT2D eigenvalue weighted by Gasteiger charge is 2.20. The van der Waals surface area contributed by atoms with Crippen molar-refractivity contribution in [3.05, 3.63) is 51.5 Å². The zero-order chi connectivity index (χ0) is 16.3. The fourth-order valence-corrected chi connectivity index (χ4v) is 2.44. The van der Waals surface area contributed by atoms with Crippen LogP contribution in [0.1, 0.15) is 15.9 Å². The SMILES string of the molecule is COc1cc(Cl)c(C(=O)c2cc(Cl)ccc2OC)cc1OC. The quantitative estimate of drug-likeness (QED) is 0.763. The van der Waals surface area contributed by atoms with Gasteiger partial charge in [-0.3, -0.25) is 4.79 Å². The molecule has 0 radical (unpaired) electrons. The molecule has 0 aliphatic rings. The Bertz CT molecular complexity index is 714. The fraction of sp³-hybridized carbons (Fsp3) is 0.188. The lowest BCUT2D eigenvalue weighted by Gasteiger charge is -2.13. The normalized spacial score (nSPS) is 10.2. The molecule has 0 aromatic heterocycles. The summed E-state index contributed by atoms with van der Waals surface area (Å²) in [6, 6.07) is 7.88. The Kier molecular flexibility index (Phi) is 5.16. The first-order chi connectivity index (χ1) is 10.5. The number of carbonyl (C=O) groups excluding carboxylic acids is 1. The van der Waals surface area contributed by atoms with E-state index >= 15 is 0 Å². The number of rotatable bonds is 5. The highest BCUT2D eigenvalue weighted by Crippen LogP contribution is 2.35. The first-order valence-corrected chi connectivity index (χ1v) is 7.07. The average Bonchev–Trinajstić information content (AvgIpc) is 2.53. The molecule has 2 aromatic rings. The van der Waals surface area contributed by atoms with E-state index < -0.39 is 0 Å². The van der Waals surface area contributed by atoms with Gasteiger partial charge in [0.15, 0.2) is 17.3 Å². The molecule has 0 amide bonds. The van der Waals surface area contributed by atoms with Crippen molar-refractivity contribution in [3.63, 3.8) is 0 Å². The summed E-state index contributed by atoms with van der Waals surface area (Å²) in [5, 5.41) is 0.686. The number of hydrogen-bond acceptors (Lipinski definition) is 4. The first-order valence-electron chi connectivity index (χ1n) is 6.31. The number of halogens is 2. The van der Waals surface area contributed by atoms with E-state index in [0.717, 1.165) is 0 Å². The minimum Gasteiger partial charge on any atom is -0.496 e. The standard InChI is InChI=1S/C16H14Cl2O4/c1-20-13-5-4-9(17)6-11(13)16(19)10-7-14(21-2)15(22-3)8-12(10)18/h4-8H,1-3H3. The van der Waals surface area contributed by atoms with Crippen molar-refractivity contribution in [2.24, 2.45) is 0 Å². The molecule has 22 heavy (non-hydrogen) atoms. The van der Waals surface area contributed by atoms with E-state index in [2.05, 4.69) is 0 Å². The van der Waals surface area contributed by atoms with Gasteiger partial charge in [0.25, 0.3) is 0 Å². The van der Waals surface area contributed by atoms with Gasteiger partial charge in [-0.25, -0.2) is 0 Å². The van der Waals surface area contributed by atoms with Crippen molar-refractivity contribution in [3.8, 4) is 17.2 Å². The van der Waals surface area contributed by atoms with Gasteiger partial charge < -0.3 is 14.2 Å². The van der Waals surface area contributed by atoms with Gasteiger partial charge in [-0.2, -0.15) is 0 Å². The van der Waals surface area contributed by atoms with Crippen LogP contribution in [0.25, 0.3) is 0 Å². The Labute approximate surface area is 138 Å². The van der Waals surface area contributed by atoms with Crippen LogP contribution in [0.15, 0.2) is 30.3 Å². The Morgan fingerprint density at radius 2 is 1.41 bits per heavy atom. The molecule has 0 saturated carbocycles. The molecule has 0 heterocycles. The molecule has 0 N–H and O–H groups in total. The van der Waals surface area contributed by atoms with Crippen LogP contribution in [-0.4, -0.2) is 27.1 Å². The Morgan fingerprint density at radius 1 is 0.818 bits per heavy atom. The van der Waals surface area contributed by atoms with Crippen molar-refractivity contribution in [2.75, 3.05) is 21.3 Å². The number of ketones is 1. The van der Waals surface area contributed by atoms with Crippen molar-refractivity contribution in [1.82, 2.24) is 0 Å². The molecule has 6 heteroatoms. The maximum atomic E-state index is 12.7. The predicted molar refractivity (Wildman–Crippen MR) is 86.0 cm³/mol. The summed E-state index contributed by atoms with van der Waals surface area (Å²) >= 11 is 12.2. The second-order valence-electron chi connectivity index (χ2n) is 4.36. The summed E-state index contributed by atoms with van der Waals surface area (Å²) in [6.07, 6.45) is 0. The van der Waals surface area contributed by atoms with Crippen LogP contribution in [0.2, 0.25) is 10.0 Å². The zero-order valence-electron chi connectivity index (χ0n) is 12.3. The molecular formula is C16H14Cl2O4. The third-order valence-corrected chi connectivity index (χ3v) is 3.67. The smallest absolute Gasteiger partial charge is 0.198 e. The van der Waals surface area contributed by atoms with Crippen molar-refractivity contribution >= 4 is 29.0 Å². The van der Waals surface area contributed by atoms with E-state index in [1.165, 1.54) is 39.5 Å². The van der Waals surface area contributed by atoms with Gasteiger partial charge in [-0.05, 0) is 24.3 Å². The van der Waals surface area contributed by atoms with E-state index in [1.54, 1.807) is 12.1 Å². The lowest BCUT2D eigenvalue weighted by molar-refractivity contribution is 0.103. The van der Waals surface area contributed by atoms with Crippen molar-refractivity contribution < 1.29 is 19.0 Å². The highest BCUT2D eigenvalue weighted by molar-refractivity contribution is 6.36. The molecule has 2 rings (SSSR count). The monoisotopic (exact) mass is 340 g/mol. The number of ether oxygens (including phenoxy) is 3. The number of carbonyl (C=O) groups is 1. The lowest BCUT2D eigenvalue weighted by Crippen LogP contribution is -2.06. The summed E-state index contributed by atoms with van der Waals surface area (Å²) in [6.45, 7) is 0. The molecule has 2 aromatic carbocycles. The Morgan fingerprint density at radius 3 is 2.00 bits per heavy atom. The second kappa shape index (κ2) is 6.90. The van der Waals surface area contributed by atoms with Gasteiger partial charge >= 0.3 is 0 Å². The minimum absolute atomic E-state index is 0.254. The van der Waals surface area contributed by atoms with Crippen molar-refractivity contribution in [2.45, 2.75) is 0 Å². The third kappa shape index (κ3) is 3.13. The van der Waals surface area contributed by atoms with E-state index in [4.69, 9.17) is 37.4 Å². The average molecular weight is 341 g/mol. The van der Waals surface area contributed by atoms with Crippen LogP contribution in [0.5, 0.6) is 17.2 Å². The number of methoxy groups -OCH3 is 3. The van der Waals surface area contributed by atoms with Crippen LogP contribution in [-0.2, 0) is 0 Å². The molecule has 0 aliphatic carbocycles. The number of benzene rings is 2. The summed E-state index contributed by atoms with van der Waals surface area (Å²) in [4.78, 5) is 12.7. The Hall–Kier alpha value is -1.91. The van der Waals surface area contributed by atoms with Crippen LogP contribution in [0.3, 0.4) is 0 Å². The van der Waals surface area contributed by atoms with Gasteiger partial charge in [-0.1, -0.05) is 23.2 Å². The van der Waals surface area contributed by atoms with Gasteiger partial charge in [-0.15, -0.1) is 0 Å². The zero-order valence-corrected chi connectivity index (χ0v) is 13.8. The van der Waals surface area contributed by atoms with Gasteiger partial charge in [0.05, 0.1) is 31.9 Å². The Balaban J connectivity index is 2.57. The third-order valence-electron chi connectivity index (χ3n) is 3.12. The largest absolute Gasteiger partial charge is 0.496 e. The predicted octanol–water partition coefficient (Wildman–Crippen LogP) is 4.25. The lowest BCUT2D eigenvalue weighted by atomic mass is 10.0. The van der Waals surface area contributed by atoms with Crippen LogP contribution < -0.4 is 14.2 Å².